The maximum absolute atomic E-state index is 13.2. The van der Waals surface area contributed by atoms with Gasteiger partial charge in [-0.2, -0.15) is 0 Å². The molecular formula is C19H16N2O5. The van der Waals surface area contributed by atoms with E-state index in [1.54, 1.807) is 0 Å². The van der Waals surface area contributed by atoms with Gasteiger partial charge in [-0.1, -0.05) is 18.2 Å². The van der Waals surface area contributed by atoms with Crippen LogP contribution >= 0.6 is 0 Å². The van der Waals surface area contributed by atoms with E-state index in [1.165, 1.54) is 6.07 Å². The lowest BCUT2D eigenvalue weighted by Crippen LogP contribution is -2.11. The molecule has 132 valence electrons. The van der Waals surface area contributed by atoms with E-state index in [0.717, 1.165) is 28.7 Å². The Morgan fingerprint density at radius 1 is 1.15 bits per heavy atom. The molecule has 3 aromatic rings. The Hall–Kier alpha value is -3.48. The first kappa shape index (κ1) is 17.3. The fourth-order valence-corrected chi connectivity index (χ4v) is 3.28. The number of benzene rings is 2. The van der Waals surface area contributed by atoms with Crippen LogP contribution in [0.1, 0.15) is 38.9 Å². The van der Waals surface area contributed by atoms with Crippen molar-refractivity contribution < 1.29 is 19.6 Å². The van der Waals surface area contributed by atoms with Crippen molar-refractivity contribution in [1.82, 2.24) is 4.57 Å². The number of carbonyl (C=O) groups is 2. The van der Waals surface area contributed by atoms with Crippen LogP contribution in [0.2, 0.25) is 0 Å². The number of carboxylic acid groups (broad SMARTS) is 1. The molecule has 0 radical (unpaired) electrons. The number of non-ortho nitro benzene ring substituents is 1. The molecule has 1 aromatic heterocycles. The minimum absolute atomic E-state index is 0.0646. The molecule has 0 spiro atoms. The minimum atomic E-state index is -1.38. The van der Waals surface area contributed by atoms with Crippen molar-refractivity contribution in [1.29, 1.82) is 0 Å². The summed E-state index contributed by atoms with van der Waals surface area (Å²) in [5, 5.41) is 21.1. The summed E-state index contributed by atoms with van der Waals surface area (Å²) in [7, 11) is 0. The monoisotopic (exact) mass is 352 g/mol. The Morgan fingerprint density at radius 3 is 2.46 bits per heavy atom. The highest BCUT2D eigenvalue weighted by Gasteiger charge is 2.26. The molecule has 3 rings (SSSR count). The smallest absolute Gasteiger partial charge is 0.336 e. The zero-order valence-electron chi connectivity index (χ0n) is 14.2. The van der Waals surface area contributed by atoms with Gasteiger partial charge in [0.25, 0.3) is 5.69 Å². The minimum Gasteiger partial charge on any atom is -0.478 e. The molecule has 0 aliphatic heterocycles. The Kier molecular flexibility index (Phi) is 4.29. The quantitative estimate of drug-likeness (QED) is 0.427. The van der Waals surface area contributed by atoms with Gasteiger partial charge in [0.15, 0.2) is 5.78 Å². The fraction of sp³-hybridized carbons (Fsp3) is 0.158. The van der Waals surface area contributed by atoms with Crippen molar-refractivity contribution in [3.05, 3.63) is 75.0 Å². The van der Waals surface area contributed by atoms with Crippen LogP contribution in [-0.2, 0) is 6.54 Å². The predicted octanol–water partition coefficient (Wildman–Crippen LogP) is 3.81. The summed E-state index contributed by atoms with van der Waals surface area (Å²) in [4.78, 5) is 35.0. The molecule has 2 aromatic carbocycles. The van der Waals surface area contributed by atoms with E-state index < -0.39 is 16.7 Å². The molecule has 0 saturated heterocycles. The topological polar surface area (TPSA) is 102 Å². The number of rotatable bonds is 5. The Balaban J connectivity index is 2.26. The van der Waals surface area contributed by atoms with Crippen molar-refractivity contribution in [2.24, 2.45) is 0 Å². The van der Waals surface area contributed by atoms with Crippen LogP contribution in [-0.4, -0.2) is 26.3 Å². The van der Waals surface area contributed by atoms with Gasteiger partial charge in [0.2, 0.25) is 0 Å². The molecule has 0 fully saturated rings. The second-order valence-electron chi connectivity index (χ2n) is 5.84. The molecule has 0 atom stereocenters. The van der Waals surface area contributed by atoms with Crippen molar-refractivity contribution in [2.45, 2.75) is 20.4 Å². The third-order valence-corrected chi connectivity index (χ3v) is 4.46. The standard InChI is InChI=1S/C19H16N2O5/c1-3-20-11(2)17(14-6-4-5-7-16(14)20)18(22)13-9-8-12(21(25)26)10-15(13)19(23)24/h4-10H,3H2,1-2H3,(H,23,24). The first-order valence-corrected chi connectivity index (χ1v) is 8.01. The molecule has 0 unspecified atom stereocenters. The van der Waals surface area contributed by atoms with Gasteiger partial charge in [0.05, 0.1) is 16.1 Å². The third kappa shape index (κ3) is 2.63. The van der Waals surface area contributed by atoms with Crippen LogP contribution < -0.4 is 0 Å². The first-order chi connectivity index (χ1) is 12.4. The van der Waals surface area contributed by atoms with E-state index in [4.69, 9.17) is 0 Å². The number of para-hydroxylation sites is 1. The number of carboxylic acids is 1. The molecule has 0 saturated carbocycles. The summed E-state index contributed by atoms with van der Waals surface area (Å²) < 4.78 is 1.98. The lowest BCUT2D eigenvalue weighted by atomic mass is 9.96. The van der Waals surface area contributed by atoms with E-state index in [2.05, 4.69) is 0 Å². The van der Waals surface area contributed by atoms with Crippen LogP contribution in [0.3, 0.4) is 0 Å². The van der Waals surface area contributed by atoms with Crippen molar-refractivity contribution in [2.75, 3.05) is 0 Å². The fourth-order valence-electron chi connectivity index (χ4n) is 3.28. The summed E-state index contributed by atoms with van der Waals surface area (Å²) in [5.74, 6) is -1.84. The largest absolute Gasteiger partial charge is 0.478 e. The van der Waals surface area contributed by atoms with Crippen LogP contribution in [0.4, 0.5) is 5.69 Å². The SMILES string of the molecule is CCn1c(C)c(C(=O)c2ccc([N+](=O)[O-])cc2C(=O)O)c2ccccc21. The molecule has 1 N–H and O–H groups in total. The molecule has 0 aliphatic carbocycles. The average molecular weight is 352 g/mol. The number of fused-ring (bicyclic) bond motifs is 1. The molecular weight excluding hydrogens is 336 g/mol. The second-order valence-corrected chi connectivity index (χ2v) is 5.84. The van der Waals surface area contributed by atoms with E-state index in [1.807, 2.05) is 42.7 Å². The van der Waals surface area contributed by atoms with Gasteiger partial charge in [-0.15, -0.1) is 0 Å². The molecule has 1 heterocycles. The van der Waals surface area contributed by atoms with E-state index >= 15 is 0 Å². The van der Waals surface area contributed by atoms with Gasteiger partial charge in [0, 0.05) is 40.8 Å². The highest BCUT2D eigenvalue weighted by atomic mass is 16.6. The normalized spacial score (nSPS) is 10.8. The molecule has 0 aliphatic rings. The summed E-state index contributed by atoms with van der Waals surface area (Å²) in [6, 6.07) is 10.7. The van der Waals surface area contributed by atoms with Crippen molar-refractivity contribution >= 4 is 28.3 Å². The number of aryl methyl sites for hydroxylation is 1. The number of carbonyl (C=O) groups excluding carboxylic acids is 1. The molecule has 0 bridgehead atoms. The molecule has 26 heavy (non-hydrogen) atoms. The van der Waals surface area contributed by atoms with Gasteiger partial charge in [-0.05, 0) is 26.0 Å². The summed E-state index contributed by atoms with van der Waals surface area (Å²) in [6.07, 6.45) is 0. The number of nitro benzene ring substituents is 1. The van der Waals surface area contributed by atoms with Crippen LogP contribution in [0.15, 0.2) is 42.5 Å². The van der Waals surface area contributed by atoms with Gasteiger partial charge in [0.1, 0.15) is 0 Å². The van der Waals surface area contributed by atoms with Crippen LogP contribution in [0.25, 0.3) is 10.9 Å². The summed E-state index contributed by atoms with van der Waals surface area (Å²) >= 11 is 0. The van der Waals surface area contributed by atoms with Crippen molar-refractivity contribution in [3.63, 3.8) is 0 Å². The van der Waals surface area contributed by atoms with Gasteiger partial charge >= 0.3 is 5.97 Å². The van der Waals surface area contributed by atoms with Crippen LogP contribution in [0, 0.1) is 17.0 Å². The Morgan fingerprint density at radius 2 is 1.85 bits per heavy atom. The Bertz CT molecular complexity index is 1070. The maximum atomic E-state index is 13.2. The molecule has 7 heteroatoms. The maximum Gasteiger partial charge on any atom is 0.336 e. The first-order valence-electron chi connectivity index (χ1n) is 8.01. The van der Waals surface area contributed by atoms with Crippen LogP contribution in [0.5, 0.6) is 0 Å². The highest BCUT2D eigenvalue weighted by Crippen LogP contribution is 2.30. The highest BCUT2D eigenvalue weighted by molar-refractivity contribution is 6.20. The lowest BCUT2D eigenvalue weighted by molar-refractivity contribution is -0.384. The zero-order chi connectivity index (χ0) is 19.0. The molecule has 0 amide bonds. The predicted molar refractivity (Wildman–Crippen MR) is 95.8 cm³/mol. The number of nitro groups is 1. The van der Waals surface area contributed by atoms with E-state index in [0.29, 0.717) is 12.1 Å². The summed E-state index contributed by atoms with van der Waals surface area (Å²) in [6.45, 7) is 4.43. The second kappa shape index (κ2) is 6.44. The Labute approximate surface area is 148 Å². The van der Waals surface area contributed by atoms with Gasteiger partial charge in [-0.3, -0.25) is 14.9 Å². The zero-order valence-corrected chi connectivity index (χ0v) is 14.2. The number of nitrogens with zero attached hydrogens (tertiary/aromatic N) is 2. The number of ketones is 1. The molecule has 7 nitrogen and oxygen atoms in total. The van der Waals surface area contributed by atoms with Gasteiger partial charge < -0.3 is 9.67 Å². The summed E-state index contributed by atoms with van der Waals surface area (Å²) in [5.41, 5.74) is 1.22. The lowest BCUT2D eigenvalue weighted by Gasteiger charge is -2.07. The average Bonchev–Trinajstić information content (AvgIpc) is 2.91. The number of aromatic nitrogens is 1. The number of hydrogen-bond acceptors (Lipinski definition) is 4. The number of aromatic carboxylic acids is 1. The van der Waals surface area contributed by atoms with E-state index in [9.17, 15) is 24.8 Å². The van der Waals surface area contributed by atoms with Crippen molar-refractivity contribution in [3.8, 4) is 0 Å². The van der Waals surface area contributed by atoms with E-state index in [-0.39, 0.29) is 16.8 Å². The number of hydrogen-bond donors (Lipinski definition) is 1. The van der Waals surface area contributed by atoms with Gasteiger partial charge in [-0.25, -0.2) is 4.79 Å². The third-order valence-electron chi connectivity index (χ3n) is 4.46.